The van der Waals surface area contributed by atoms with Crippen LogP contribution in [0.4, 0.5) is 0 Å². The van der Waals surface area contributed by atoms with E-state index in [1.54, 1.807) is 23.8 Å². The summed E-state index contributed by atoms with van der Waals surface area (Å²) in [6.07, 6.45) is 0. The Kier molecular flexibility index (Phi) is 7.90. The van der Waals surface area contributed by atoms with E-state index in [0.29, 0.717) is 41.4 Å². The number of hydrogen-bond donors (Lipinski definition) is 0. The zero-order chi connectivity index (χ0) is 19.8. The zero-order valence-electron chi connectivity index (χ0n) is 16.5. The van der Waals surface area contributed by atoms with Gasteiger partial charge >= 0.3 is 0 Å². The van der Waals surface area contributed by atoms with E-state index in [1.165, 1.54) is 11.8 Å². The van der Waals surface area contributed by atoms with Crippen molar-refractivity contribution in [2.24, 2.45) is 5.92 Å². The highest BCUT2D eigenvalue weighted by molar-refractivity contribution is 7.99. The molecule has 1 heterocycles. The molecule has 1 amide bonds. The summed E-state index contributed by atoms with van der Waals surface area (Å²) in [5.74, 6) is 2.08. The molecule has 0 N–H and O–H groups in total. The maximum atomic E-state index is 12.7. The third kappa shape index (κ3) is 5.85. The normalized spacial score (nSPS) is 10.9. The van der Waals surface area contributed by atoms with Crippen LogP contribution in [-0.2, 0) is 17.9 Å². The van der Waals surface area contributed by atoms with Crippen molar-refractivity contribution in [3.05, 3.63) is 23.8 Å². The summed E-state index contributed by atoms with van der Waals surface area (Å²) < 4.78 is 12.3. The van der Waals surface area contributed by atoms with Crippen LogP contribution in [0.15, 0.2) is 23.4 Å². The monoisotopic (exact) mass is 393 g/mol. The lowest BCUT2D eigenvalue weighted by Gasteiger charge is -2.21. The molecule has 0 bridgehead atoms. The molecule has 0 saturated heterocycles. The summed E-state index contributed by atoms with van der Waals surface area (Å²) in [5, 5.41) is 12.4. The highest BCUT2D eigenvalue weighted by atomic mass is 32.2. The molecule has 2 aromatic rings. The smallest absolute Gasteiger partial charge is 0.233 e. The Morgan fingerprint density at radius 3 is 2.63 bits per heavy atom. The Balaban J connectivity index is 1.99. The number of aromatic nitrogens is 4. The zero-order valence-corrected chi connectivity index (χ0v) is 17.3. The lowest BCUT2D eigenvalue weighted by molar-refractivity contribution is -0.128. The number of ether oxygens (including phenoxy) is 2. The van der Waals surface area contributed by atoms with Crippen LogP contribution in [0.5, 0.6) is 11.5 Å². The van der Waals surface area contributed by atoms with Crippen LogP contribution in [0.3, 0.4) is 0 Å². The molecule has 0 radical (unpaired) electrons. The number of nitrogens with zero attached hydrogens (tertiary/aromatic N) is 5. The van der Waals surface area contributed by atoms with E-state index in [2.05, 4.69) is 29.4 Å². The molecule has 8 nitrogen and oxygen atoms in total. The third-order valence-electron chi connectivity index (χ3n) is 3.92. The second kappa shape index (κ2) is 10.1. The maximum Gasteiger partial charge on any atom is 0.233 e. The fraction of sp³-hybridized carbons (Fsp3) is 0.556. The molecule has 0 atom stereocenters. The molecule has 0 aliphatic carbocycles. The first kappa shape index (κ1) is 21.0. The summed E-state index contributed by atoms with van der Waals surface area (Å²) in [4.78, 5) is 14.5. The van der Waals surface area contributed by atoms with Gasteiger partial charge in [0.05, 0.1) is 20.0 Å². The topological polar surface area (TPSA) is 82.4 Å². The molecule has 0 fully saturated rings. The molecular formula is C18H27N5O3S. The van der Waals surface area contributed by atoms with Gasteiger partial charge < -0.3 is 14.4 Å². The van der Waals surface area contributed by atoms with Gasteiger partial charge in [0.15, 0.2) is 11.5 Å². The van der Waals surface area contributed by atoms with Crippen molar-refractivity contribution in [2.45, 2.75) is 39.0 Å². The molecule has 0 aliphatic rings. The van der Waals surface area contributed by atoms with Gasteiger partial charge in [0.25, 0.3) is 0 Å². The van der Waals surface area contributed by atoms with E-state index in [9.17, 15) is 4.79 Å². The van der Waals surface area contributed by atoms with Crippen LogP contribution in [0.25, 0.3) is 0 Å². The van der Waals surface area contributed by atoms with Crippen molar-refractivity contribution in [3.8, 4) is 11.5 Å². The highest BCUT2D eigenvalue weighted by Crippen LogP contribution is 2.28. The summed E-state index contributed by atoms with van der Waals surface area (Å²) >= 11 is 1.36. The van der Waals surface area contributed by atoms with E-state index in [1.807, 2.05) is 25.1 Å². The van der Waals surface area contributed by atoms with Gasteiger partial charge in [-0.1, -0.05) is 31.7 Å². The maximum absolute atomic E-state index is 12.7. The largest absolute Gasteiger partial charge is 0.493 e. The standard InChI is InChI=1S/C18H27N5O3S/c1-6-22(11-14-7-8-15(25-4)16(9-14)26-5)17(24)12-27-18-19-20-21-23(18)10-13(2)3/h7-9,13H,6,10-12H2,1-5H3. The van der Waals surface area contributed by atoms with Gasteiger partial charge in [-0.15, -0.1) is 5.10 Å². The fourth-order valence-corrected chi connectivity index (χ4v) is 3.34. The van der Waals surface area contributed by atoms with Crippen molar-refractivity contribution in [1.82, 2.24) is 25.1 Å². The lowest BCUT2D eigenvalue weighted by Crippen LogP contribution is -2.31. The van der Waals surface area contributed by atoms with Crippen LogP contribution < -0.4 is 9.47 Å². The van der Waals surface area contributed by atoms with Crippen LogP contribution in [0.2, 0.25) is 0 Å². The number of benzene rings is 1. The van der Waals surface area contributed by atoms with Crippen LogP contribution >= 0.6 is 11.8 Å². The molecule has 2 rings (SSSR count). The number of tetrazole rings is 1. The van der Waals surface area contributed by atoms with Crippen LogP contribution in [0, 0.1) is 5.92 Å². The molecule has 0 spiro atoms. The first-order chi connectivity index (χ1) is 13.0. The molecule has 27 heavy (non-hydrogen) atoms. The van der Waals surface area contributed by atoms with Gasteiger partial charge in [0.1, 0.15) is 0 Å². The van der Waals surface area contributed by atoms with Crippen molar-refractivity contribution < 1.29 is 14.3 Å². The summed E-state index contributed by atoms with van der Waals surface area (Å²) in [5.41, 5.74) is 0.984. The van der Waals surface area contributed by atoms with E-state index < -0.39 is 0 Å². The van der Waals surface area contributed by atoms with Crippen LogP contribution in [-0.4, -0.2) is 57.5 Å². The summed E-state index contributed by atoms with van der Waals surface area (Å²) in [6, 6.07) is 5.68. The average Bonchev–Trinajstić information content (AvgIpc) is 3.10. The molecule has 1 aromatic carbocycles. The van der Waals surface area contributed by atoms with Gasteiger partial charge in [0.2, 0.25) is 11.1 Å². The molecule has 0 unspecified atom stereocenters. The Bertz CT molecular complexity index is 750. The lowest BCUT2D eigenvalue weighted by atomic mass is 10.2. The van der Waals surface area contributed by atoms with Crippen molar-refractivity contribution in [3.63, 3.8) is 0 Å². The van der Waals surface area contributed by atoms with Gasteiger partial charge in [-0.05, 0) is 41.0 Å². The number of carbonyl (C=O) groups excluding carboxylic acids is 1. The van der Waals surface area contributed by atoms with Crippen molar-refractivity contribution in [1.29, 1.82) is 0 Å². The minimum Gasteiger partial charge on any atom is -0.493 e. The SMILES string of the molecule is CCN(Cc1ccc(OC)c(OC)c1)C(=O)CSc1nnnn1CC(C)C. The molecule has 1 aromatic heterocycles. The summed E-state index contributed by atoms with van der Waals surface area (Å²) in [7, 11) is 3.20. The van der Waals surface area contributed by atoms with Crippen molar-refractivity contribution >= 4 is 17.7 Å². The van der Waals surface area contributed by atoms with Crippen molar-refractivity contribution in [2.75, 3.05) is 26.5 Å². The summed E-state index contributed by atoms with van der Waals surface area (Å²) in [6.45, 7) is 8.02. The average molecular weight is 394 g/mol. The Morgan fingerprint density at radius 2 is 2.00 bits per heavy atom. The second-order valence-corrected chi connectivity index (χ2v) is 7.37. The van der Waals surface area contributed by atoms with Gasteiger partial charge in [-0.3, -0.25) is 4.79 Å². The minimum atomic E-state index is 0.0383. The van der Waals surface area contributed by atoms with E-state index in [0.717, 1.165) is 12.1 Å². The number of thioether (sulfide) groups is 1. The number of hydrogen-bond acceptors (Lipinski definition) is 7. The van der Waals surface area contributed by atoms with Gasteiger partial charge in [-0.25, -0.2) is 4.68 Å². The van der Waals surface area contributed by atoms with Gasteiger partial charge in [0, 0.05) is 19.6 Å². The predicted molar refractivity (Wildman–Crippen MR) is 104 cm³/mol. The van der Waals surface area contributed by atoms with Crippen LogP contribution in [0.1, 0.15) is 26.3 Å². The molecule has 0 aliphatic heterocycles. The number of amides is 1. The first-order valence-corrected chi connectivity index (χ1v) is 9.84. The van der Waals surface area contributed by atoms with E-state index in [-0.39, 0.29) is 5.91 Å². The van der Waals surface area contributed by atoms with Gasteiger partial charge in [-0.2, -0.15) is 0 Å². The second-order valence-electron chi connectivity index (χ2n) is 6.42. The highest BCUT2D eigenvalue weighted by Gasteiger charge is 2.16. The quantitative estimate of drug-likeness (QED) is 0.574. The first-order valence-electron chi connectivity index (χ1n) is 8.86. The Hall–Kier alpha value is -2.29. The molecule has 9 heteroatoms. The van der Waals surface area contributed by atoms with E-state index >= 15 is 0 Å². The Morgan fingerprint density at radius 1 is 1.26 bits per heavy atom. The molecule has 0 saturated carbocycles. The molecular weight excluding hydrogens is 366 g/mol. The number of carbonyl (C=O) groups is 1. The Labute approximate surface area is 164 Å². The minimum absolute atomic E-state index is 0.0383. The van der Waals surface area contributed by atoms with E-state index in [4.69, 9.17) is 9.47 Å². The number of rotatable bonds is 10. The molecule has 148 valence electrons. The third-order valence-corrected chi connectivity index (χ3v) is 4.86. The number of methoxy groups -OCH3 is 2. The predicted octanol–water partition coefficient (Wildman–Crippen LogP) is 2.49. The fourth-order valence-electron chi connectivity index (χ4n) is 2.55.